The molecule has 0 aliphatic heterocycles. The molecule has 3 nitrogen and oxygen atoms in total. The highest BCUT2D eigenvalue weighted by Gasteiger charge is 2.09. The fourth-order valence-corrected chi connectivity index (χ4v) is 1.87. The van der Waals surface area contributed by atoms with Gasteiger partial charge >= 0.3 is 0 Å². The molecule has 0 unspecified atom stereocenters. The fraction of sp³-hybridized carbons (Fsp3) is 0.250. The van der Waals surface area contributed by atoms with E-state index in [1.165, 1.54) is 0 Å². The molecule has 2 aromatic rings. The number of aromatic amines is 1. The summed E-state index contributed by atoms with van der Waals surface area (Å²) in [5, 5.41) is 9.83. The normalized spacial score (nSPS) is 10.2. The van der Waals surface area contributed by atoms with Gasteiger partial charge in [-0.25, -0.2) is 0 Å². The van der Waals surface area contributed by atoms with E-state index in [1.807, 2.05) is 25.3 Å². The van der Waals surface area contributed by atoms with Crippen molar-refractivity contribution in [3.63, 3.8) is 0 Å². The van der Waals surface area contributed by atoms with Crippen LogP contribution in [0, 0.1) is 18.3 Å². The molecule has 0 saturated heterocycles. The van der Waals surface area contributed by atoms with Crippen molar-refractivity contribution in [3.8, 4) is 11.8 Å². The van der Waals surface area contributed by atoms with Crippen LogP contribution >= 0.6 is 0 Å². The summed E-state index contributed by atoms with van der Waals surface area (Å²) < 4.78 is 5.26. The van der Waals surface area contributed by atoms with Gasteiger partial charge in [0.25, 0.3) is 0 Å². The monoisotopic (exact) mass is 200 g/mol. The van der Waals surface area contributed by atoms with E-state index in [0.717, 1.165) is 27.8 Å². The van der Waals surface area contributed by atoms with Crippen molar-refractivity contribution in [2.45, 2.75) is 13.3 Å². The number of methoxy groups -OCH3 is 1. The molecule has 15 heavy (non-hydrogen) atoms. The third-order valence-electron chi connectivity index (χ3n) is 2.58. The molecule has 1 aromatic heterocycles. The van der Waals surface area contributed by atoms with Crippen LogP contribution in [0.1, 0.15) is 11.1 Å². The van der Waals surface area contributed by atoms with Crippen molar-refractivity contribution >= 4 is 10.9 Å². The molecule has 1 aromatic carbocycles. The van der Waals surface area contributed by atoms with Crippen LogP contribution in [0.3, 0.4) is 0 Å². The number of benzene rings is 1. The van der Waals surface area contributed by atoms with Crippen LogP contribution in [0.25, 0.3) is 10.9 Å². The molecule has 3 heteroatoms. The van der Waals surface area contributed by atoms with Gasteiger partial charge in [-0.1, -0.05) is 6.07 Å². The van der Waals surface area contributed by atoms with E-state index in [0.29, 0.717) is 6.42 Å². The Hall–Kier alpha value is -1.95. The van der Waals surface area contributed by atoms with Crippen molar-refractivity contribution in [1.82, 2.24) is 4.98 Å². The maximum Gasteiger partial charge on any atom is 0.142 e. The predicted octanol–water partition coefficient (Wildman–Crippen LogP) is 2.55. The van der Waals surface area contributed by atoms with Crippen molar-refractivity contribution in [2.75, 3.05) is 7.11 Å². The maximum atomic E-state index is 8.72. The summed E-state index contributed by atoms with van der Waals surface area (Å²) in [5.41, 5.74) is 3.17. The first-order valence-electron chi connectivity index (χ1n) is 4.78. The minimum Gasteiger partial charge on any atom is -0.495 e. The van der Waals surface area contributed by atoms with Crippen molar-refractivity contribution in [2.24, 2.45) is 0 Å². The summed E-state index contributed by atoms with van der Waals surface area (Å²) in [5.74, 6) is 0.819. The number of nitriles is 1. The Balaban J connectivity index is 2.74. The lowest BCUT2D eigenvalue weighted by atomic mass is 10.1. The van der Waals surface area contributed by atoms with Gasteiger partial charge < -0.3 is 9.72 Å². The first-order chi connectivity index (χ1) is 7.27. The predicted molar refractivity (Wildman–Crippen MR) is 58.9 cm³/mol. The molecule has 76 valence electrons. The summed E-state index contributed by atoms with van der Waals surface area (Å²) >= 11 is 0. The zero-order chi connectivity index (χ0) is 10.8. The highest BCUT2D eigenvalue weighted by molar-refractivity contribution is 5.91. The smallest absolute Gasteiger partial charge is 0.142 e. The molecule has 0 amide bonds. The second-order valence-electron chi connectivity index (χ2n) is 3.48. The Kier molecular flexibility index (Phi) is 2.34. The summed E-state index contributed by atoms with van der Waals surface area (Å²) in [6, 6.07) is 6.11. The van der Waals surface area contributed by atoms with Crippen molar-refractivity contribution in [1.29, 1.82) is 5.26 Å². The number of nitrogens with one attached hydrogen (secondary N) is 1. The van der Waals surface area contributed by atoms with E-state index >= 15 is 0 Å². The van der Waals surface area contributed by atoms with Crippen LogP contribution in [-0.2, 0) is 6.42 Å². The van der Waals surface area contributed by atoms with Crippen LogP contribution in [-0.4, -0.2) is 12.1 Å². The number of ether oxygens (including phenoxy) is 1. The second kappa shape index (κ2) is 3.66. The number of aryl methyl sites for hydroxylation is 1. The summed E-state index contributed by atoms with van der Waals surface area (Å²) in [4.78, 5) is 3.16. The number of aromatic nitrogens is 1. The zero-order valence-corrected chi connectivity index (χ0v) is 8.79. The average Bonchev–Trinajstić information content (AvgIpc) is 2.64. The van der Waals surface area contributed by atoms with E-state index in [4.69, 9.17) is 10.00 Å². The second-order valence-corrected chi connectivity index (χ2v) is 3.48. The van der Waals surface area contributed by atoms with Gasteiger partial charge in [-0.2, -0.15) is 5.26 Å². The Morgan fingerprint density at radius 3 is 2.93 bits per heavy atom. The molecule has 2 rings (SSSR count). The SMILES string of the molecule is COc1ccc(C)c2c(CC#N)c[nH]c12. The lowest BCUT2D eigenvalue weighted by molar-refractivity contribution is 0.419. The van der Waals surface area contributed by atoms with Crippen LogP contribution in [0.15, 0.2) is 18.3 Å². The summed E-state index contributed by atoms with van der Waals surface area (Å²) in [6.07, 6.45) is 2.30. The van der Waals surface area contributed by atoms with E-state index in [-0.39, 0.29) is 0 Å². The van der Waals surface area contributed by atoms with Gasteiger partial charge in [0.05, 0.1) is 25.1 Å². The molecule has 0 spiro atoms. The molecular weight excluding hydrogens is 188 g/mol. The molecule has 0 atom stereocenters. The highest BCUT2D eigenvalue weighted by Crippen LogP contribution is 2.30. The molecule has 0 saturated carbocycles. The average molecular weight is 200 g/mol. The number of hydrogen-bond acceptors (Lipinski definition) is 2. The quantitative estimate of drug-likeness (QED) is 0.809. The first kappa shape index (κ1) is 9.60. The minimum atomic E-state index is 0.425. The van der Waals surface area contributed by atoms with Gasteiger partial charge in [-0.15, -0.1) is 0 Å². The van der Waals surface area contributed by atoms with Crippen molar-refractivity contribution in [3.05, 3.63) is 29.5 Å². The molecule has 1 N–H and O–H groups in total. The number of nitrogens with zero attached hydrogens (tertiary/aromatic N) is 1. The molecule has 0 aliphatic carbocycles. The number of H-pyrrole nitrogens is 1. The highest BCUT2D eigenvalue weighted by atomic mass is 16.5. The molecule has 0 aliphatic rings. The Morgan fingerprint density at radius 2 is 2.27 bits per heavy atom. The van der Waals surface area contributed by atoms with Gasteiger partial charge in [0, 0.05) is 11.6 Å². The summed E-state index contributed by atoms with van der Waals surface area (Å²) in [7, 11) is 1.65. The Morgan fingerprint density at radius 1 is 1.47 bits per heavy atom. The van der Waals surface area contributed by atoms with Gasteiger partial charge in [0.1, 0.15) is 5.75 Å². The van der Waals surface area contributed by atoms with E-state index in [9.17, 15) is 0 Å². The zero-order valence-electron chi connectivity index (χ0n) is 8.79. The van der Waals surface area contributed by atoms with Crippen LogP contribution < -0.4 is 4.74 Å². The van der Waals surface area contributed by atoms with E-state index < -0.39 is 0 Å². The van der Waals surface area contributed by atoms with Gasteiger partial charge in [0.2, 0.25) is 0 Å². The Bertz CT molecular complexity index is 534. The fourth-order valence-electron chi connectivity index (χ4n) is 1.87. The number of fused-ring (bicyclic) bond motifs is 1. The van der Waals surface area contributed by atoms with Crippen LogP contribution in [0.5, 0.6) is 5.75 Å². The first-order valence-corrected chi connectivity index (χ1v) is 4.78. The molecule has 0 fully saturated rings. The third-order valence-corrected chi connectivity index (χ3v) is 2.58. The molecule has 0 radical (unpaired) electrons. The van der Waals surface area contributed by atoms with Crippen LogP contribution in [0.2, 0.25) is 0 Å². The van der Waals surface area contributed by atoms with Crippen LogP contribution in [0.4, 0.5) is 0 Å². The largest absolute Gasteiger partial charge is 0.495 e. The van der Waals surface area contributed by atoms with E-state index in [1.54, 1.807) is 7.11 Å². The van der Waals surface area contributed by atoms with Gasteiger partial charge in [0.15, 0.2) is 0 Å². The van der Waals surface area contributed by atoms with Gasteiger partial charge in [-0.05, 0) is 24.1 Å². The van der Waals surface area contributed by atoms with E-state index in [2.05, 4.69) is 11.1 Å². The van der Waals surface area contributed by atoms with Gasteiger partial charge in [-0.3, -0.25) is 0 Å². The Labute approximate surface area is 88.3 Å². The minimum absolute atomic E-state index is 0.425. The summed E-state index contributed by atoms with van der Waals surface area (Å²) in [6.45, 7) is 2.04. The lowest BCUT2D eigenvalue weighted by Gasteiger charge is -2.04. The van der Waals surface area contributed by atoms with Crippen molar-refractivity contribution < 1.29 is 4.74 Å². The molecule has 0 bridgehead atoms. The maximum absolute atomic E-state index is 8.72. The third kappa shape index (κ3) is 1.44. The topological polar surface area (TPSA) is 48.8 Å². The molecular formula is C12H12N2O. The lowest BCUT2D eigenvalue weighted by Crippen LogP contribution is -1.87. The molecule has 1 heterocycles. The number of rotatable bonds is 2. The number of hydrogen-bond donors (Lipinski definition) is 1. The standard InChI is InChI=1S/C12H12N2O/c1-8-3-4-10(15-2)12-11(8)9(5-6-13)7-14-12/h3-4,7,14H,5H2,1-2H3.